The van der Waals surface area contributed by atoms with Crippen molar-refractivity contribution in [1.29, 1.82) is 0 Å². The molecule has 0 bridgehead atoms. The van der Waals surface area contributed by atoms with Gasteiger partial charge in [0, 0.05) is 0 Å². The molecule has 5 heavy (non-hydrogen) atoms. The van der Waals surface area contributed by atoms with Gasteiger partial charge in [0.05, 0.1) is 0 Å². The molecule has 2 heteroatoms. The Morgan fingerprint density at radius 3 is 1.00 bits per heavy atom. The van der Waals surface area contributed by atoms with Crippen LogP contribution in [0.25, 0.3) is 0 Å². The van der Waals surface area contributed by atoms with Crippen molar-refractivity contribution in [2.75, 3.05) is 0 Å². The summed E-state index contributed by atoms with van der Waals surface area (Å²) in [5.41, 5.74) is 0. The van der Waals surface area contributed by atoms with Crippen LogP contribution < -0.4 is 0 Å². The summed E-state index contributed by atoms with van der Waals surface area (Å²) in [4.78, 5) is 0. The summed E-state index contributed by atoms with van der Waals surface area (Å²) in [5, 5.41) is 0. The second-order valence-electron chi connectivity index (χ2n) is 1.13. The third-order valence-corrected chi connectivity index (χ3v) is 0. The summed E-state index contributed by atoms with van der Waals surface area (Å²) < 4.78 is 0. The van der Waals surface area contributed by atoms with Crippen molar-refractivity contribution < 1.29 is 13.9 Å². The molecule has 1 atom stereocenters. The molecular formula is C3H12MnP. The fraction of sp³-hybridized carbons (Fsp3) is 1.00. The van der Waals surface area contributed by atoms with Gasteiger partial charge < -0.3 is 0 Å². The predicted molar refractivity (Wildman–Crippen MR) is 28.7 cm³/mol. The summed E-state index contributed by atoms with van der Waals surface area (Å²) in [6.07, 6.45) is 0. The zero-order valence-corrected chi connectivity index (χ0v) is 6.68. The molecule has 0 spiro atoms. The molecule has 0 amide bonds. The summed E-state index contributed by atoms with van der Waals surface area (Å²) in [7, 11) is 0. The minimum atomic E-state index is 0. The van der Waals surface area contributed by atoms with Crippen LogP contribution in [0.3, 0.4) is 0 Å². The van der Waals surface area contributed by atoms with Gasteiger partial charge in [-0.25, -0.2) is 0 Å². The van der Waals surface area contributed by atoms with Gasteiger partial charge in [-0.1, -0.05) is 0 Å². The van der Waals surface area contributed by atoms with Crippen LogP contribution >= 0.6 is 9.90 Å². The number of rotatable bonds is 0. The third kappa shape index (κ3) is 47.8. The molecule has 0 aliphatic carbocycles. The molecule has 0 saturated heterocycles. The normalized spacial score (nSPS) is 9.00. The van der Waals surface area contributed by atoms with Crippen molar-refractivity contribution in [1.82, 2.24) is 0 Å². The first kappa shape index (κ1) is 9.34. The van der Waals surface area contributed by atoms with Gasteiger partial charge in [0.15, 0.2) is 0 Å². The Morgan fingerprint density at radius 1 is 1.00 bits per heavy atom. The van der Waals surface area contributed by atoms with E-state index in [0.29, 0.717) is 0 Å². The van der Waals surface area contributed by atoms with E-state index in [0.717, 1.165) is 0 Å². The van der Waals surface area contributed by atoms with Gasteiger partial charge in [-0.2, -0.15) is 9.90 Å². The quantitative estimate of drug-likeness (QED) is 0.350. The van der Waals surface area contributed by atoms with E-state index in [2.05, 4.69) is 17.5 Å². The Hall–Kier alpha value is 0.949. The number of hydrogen-bond acceptors (Lipinski definition) is 0. The predicted octanol–water partition coefficient (Wildman–Crippen LogP) is 1.81. The van der Waals surface area contributed by atoms with Gasteiger partial charge in [-0.15, -0.1) is 0 Å². The van der Waals surface area contributed by atoms with Gasteiger partial charge in [0.25, 0.3) is 0 Å². The topological polar surface area (TPSA) is 0 Å². The SMILES string of the molecule is P.[CH3][Mn]([CH3])[CH3]. The van der Waals surface area contributed by atoms with Crippen LogP contribution in [0.5, 0.6) is 0 Å². The van der Waals surface area contributed by atoms with E-state index in [1.807, 2.05) is 0 Å². The van der Waals surface area contributed by atoms with Gasteiger partial charge in [0.1, 0.15) is 0 Å². The molecule has 0 aliphatic rings. The molecule has 0 nitrogen and oxygen atoms in total. The standard InChI is InChI=1S/3CH3.Mn.H3P/h3*1H3;;1H3. The van der Waals surface area contributed by atoms with Crippen LogP contribution in [0.1, 0.15) is 0 Å². The maximum atomic E-state index is 2.27. The van der Waals surface area contributed by atoms with E-state index in [1.165, 1.54) is 0 Å². The van der Waals surface area contributed by atoms with Crippen molar-refractivity contribution in [2.24, 2.45) is 0 Å². The Kier molecular flexibility index (Phi) is 9.25. The van der Waals surface area contributed by atoms with E-state index < -0.39 is 0 Å². The molecule has 0 N–H and O–H groups in total. The van der Waals surface area contributed by atoms with Crippen LogP contribution in [0.4, 0.5) is 0 Å². The molecule has 0 saturated carbocycles. The molecule has 0 radical (unpaired) electrons. The van der Waals surface area contributed by atoms with Crippen LogP contribution in [0.15, 0.2) is 0 Å². The molecule has 0 aromatic carbocycles. The van der Waals surface area contributed by atoms with Crippen molar-refractivity contribution in [3.8, 4) is 0 Å². The van der Waals surface area contributed by atoms with Gasteiger partial charge in [-0.05, 0) is 0 Å². The first-order valence-electron chi connectivity index (χ1n) is 1.13. The van der Waals surface area contributed by atoms with Gasteiger partial charge >= 0.3 is 31.4 Å². The minimum absolute atomic E-state index is 0. The first-order valence-corrected chi connectivity index (χ1v) is 4.68. The van der Waals surface area contributed by atoms with E-state index in [-0.39, 0.29) is 23.8 Å². The summed E-state index contributed by atoms with van der Waals surface area (Å²) in [5.74, 6) is 6.81. The molecule has 0 fully saturated rings. The Labute approximate surface area is 41.8 Å². The van der Waals surface area contributed by atoms with E-state index in [1.54, 1.807) is 0 Å². The van der Waals surface area contributed by atoms with Crippen molar-refractivity contribution in [2.45, 2.75) is 17.5 Å². The van der Waals surface area contributed by atoms with E-state index in [4.69, 9.17) is 0 Å². The molecular weight excluding hydrogens is 122 g/mol. The van der Waals surface area contributed by atoms with Gasteiger partial charge in [0.2, 0.25) is 0 Å². The molecule has 1 unspecified atom stereocenters. The maximum absolute atomic E-state index is 2.27. The van der Waals surface area contributed by atoms with E-state index >= 15 is 0 Å². The third-order valence-electron chi connectivity index (χ3n) is 0. The van der Waals surface area contributed by atoms with Crippen LogP contribution in [-0.4, -0.2) is 0 Å². The van der Waals surface area contributed by atoms with Crippen molar-refractivity contribution in [3.63, 3.8) is 0 Å². The van der Waals surface area contributed by atoms with Crippen LogP contribution in [0.2, 0.25) is 17.5 Å². The summed E-state index contributed by atoms with van der Waals surface area (Å²) >= 11 is 0.104. The average molecular weight is 134 g/mol. The second-order valence-corrected chi connectivity index (χ2v) is 4.68. The zero-order valence-electron chi connectivity index (χ0n) is 4.09. The second kappa shape index (κ2) is 4.95. The molecule has 0 aromatic heterocycles. The Morgan fingerprint density at radius 2 is 1.00 bits per heavy atom. The molecule has 0 aliphatic heterocycles. The van der Waals surface area contributed by atoms with Crippen molar-refractivity contribution >= 4 is 9.90 Å². The summed E-state index contributed by atoms with van der Waals surface area (Å²) in [6, 6.07) is 0. The zero-order chi connectivity index (χ0) is 3.58. The molecule has 0 heterocycles. The number of hydrogen-bond donors (Lipinski definition) is 0. The fourth-order valence-electron chi connectivity index (χ4n) is 0. The molecule has 36 valence electrons. The van der Waals surface area contributed by atoms with Crippen LogP contribution in [-0.2, 0) is 13.9 Å². The average Bonchev–Trinajstić information content (AvgIpc) is 0.811. The Bertz CT molecular complexity index is 11.6. The summed E-state index contributed by atoms with van der Waals surface area (Å²) in [6.45, 7) is 0. The monoisotopic (exact) mass is 134 g/mol. The van der Waals surface area contributed by atoms with Crippen LogP contribution in [0, 0.1) is 0 Å². The molecule has 0 aromatic rings. The fourth-order valence-corrected chi connectivity index (χ4v) is 0. The molecule has 0 rings (SSSR count). The first-order chi connectivity index (χ1) is 1.73. The Balaban J connectivity index is 0. The van der Waals surface area contributed by atoms with Gasteiger partial charge in [-0.3, -0.25) is 0 Å². The van der Waals surface area contributed by atoms with E-state index in [9.17, 15) is 0 Å². The van der Waals surface area contributed by atoms with Crippen molar-refractivity contribution in [3.05, 3.63) is 0 Å².